The quantitative estimate of drug-likeness (QED) is 0.349. The van der Waals surface area contributed by atoms with Gasteiger partial charge in [-0.1, -0.05) is 13.3 Å². The Morgan fingerprint density at radius 3 is 2.46 bits per heavy atom. The molecule has 3 rings (SSSR count). The second-order valence-corrected chi connectivity index (χ2v) is 7.83. The van der Waals surface area contributed by atoms with Crippen molar-refractivity contribution in [3.63, 3.8) is 0 Å². The Morgan fingerprint density at radius 2 is 1.86 bits per heavy atom. The molecule has 0 aromatic heterocycles. The molecular weight excluding hydrogens is 376 g/mol. The summed E-state index contributed by atoms with van der Waals surface area (Å²) in [5.41, 5.74) is -1.37. The number of halogens is 4. The fraction of sp³-hybridized carbons (Fsp3) is 0.667. The van der Waals surface area contributed by atoms with Crippen LogP contribution in [0.1, 0.15) is 63.9 Å². The molecule has 7 heteroatoms. The van der Waals surface area contributed by atoms with E-state index >= 15 is 0 Å². The number of esters is 1. The zero-order valence-corrected chi connectivity index (χ0v) is 15.9. The third-order valence-corrected chi connectivity index (χ3v) is 5.85. The minimum Gasteiger partial charge on any atom is -0.426 e. The summed E-state index contributed by atoms with van der Waals surface area (Å²) in [4.78, 5) is 12.3. The smallest absolute Gasteiger partial charge is 0.419 e. The molecule has 0 radical (unpaired) electrons. The van der Waals surface area contributed by atoms with E-state index in [1.54, 1.807) is 0 Å². The lowest BCUT2D eigenvalue weighted by molar-refractivity contribution is -0.140. The van der Waals surface area contributed by atoms with E-state index in [9.17, 15) is 22.4 Å². The maximum Gasteiger partial charge on any atom is 0.419 e. The molecule has 1 saturated heterocycles. The summed E-state index contributed by atoms with van der Waals surface area (Å²) in [6, 6.07) is 2.20. The Kier molecular flexibility index (Phi) is 6.63. The van der Waals surface area contributed by atoms with Crippen molar-refractivity contribution in [3.05, 3.63) is 29.6 Å². The third-order valence-electron chi connectivity index (χ3n) is 5.85. The molecule has 1 heterocycles. The van der Waals surface area contributed by atoms with Gasteiger partial charge in [0.25, 0.3) is 0 Å². The van der Waals surface area contributed by atoms with Gasteiger partial charge in [0.2, 0.25) is 0 Å². The maximum atomic E-state index is 13.6. The second kappa shape index (κ2) is 8.80. The van der Waals surface area contributed by atoms with E-state index in [0.29, 0.717) is 37.0 Å². The molecule has 3 nitrogen and oxygen atoms in total. The normalized spacial score (nSPS) is 28.3. The van der Waals surface area contributed by atoms with Crippen LogP contribution in [0.2, 0.25) is 0 Å². The average molecular weight is 402 g/mol. The lowest BCUT2D eigenvalue weighted by Gasteiger charge is -2.31. The van der Waals surface area contributed by atoms with Gasteiger partial charge in [-0.2, -0.15) is 13.2 Å². The van der Waals surface area contributed by atoms with E-state index in [1.165, 1.54) is 0 Å². The Labute approximate surface area is 162 Å². The van der Waals surface area contributed by atoms with Gasteiger partial charge in [-0.3, -0.25) is 4.79 Å². The summed E-state index contributed by atoms with van der Waals surface area (Å²) in [5, 5.41) is 0. The second-order valence-electron chi connectivity index (χ2n) is 7.83. The van der Waals surface area contributed by atoms with Crippen LogP contribution in [0.25, 0.3) is 0 Å². The van der Waals surface area contributed by atoms with Crippen LogP contribution in [0.5, 0.6) is 5.75 Å². The summed E-state index contributed by atoms with van der Waals surface area (Å²) in [7, 11) is 0. The van der Waals surface area contributed by atoms with Gasteiger partial charge < -0.3 is 9.47 Å². The van der Waals surface area contributed by atoms with E-state index < -0.39 is 23.5 Å². The number of alkyl halides is 3. The molecule has 2 fully saturated rings. The molecule has 2 aliphatic rings. The fourth-order valence-electron chi connectivity index (χ4n) is 4.33. The predicted octanol–water partition coefficient (Wildman–Crippen LogP) is 5.90. The minimum atomic E-state index is -4.77. The molecule has 1 saturated carbocycles. The van der Waals surface area contributed by atoms with Crippen molar-refractivity contribution in [1.29, 1.82) is 0 Å². The molecule has 1 aromatic carbocycles. The van der Waals surface area contributed by atoms with Gasteiger partial charge in [-0.05, 0) is 63.0 Å². The average Bonchev–Trinajstić information content (AvgIpc) is 3.10. The highest BCUT2D eigenvalue weighted by Crippen LogP contribution is 2.38. The van der Waals surface area contributed by atoms with E-state index in [0.717, 1.165) is 44.6 Å². The number of ether oxygens (including phenoxy) is 2. The SMILES string of the molecule is CCCC1CCC(C2CCC(C(=O)Oc3ccc(C(F)(F)F)c(F)c3)CC2)O1. The van der Waals surface area contributed by atoms with E-state index in [-0.39, 0.29) is 17.8 Å². The van der Waals surface area contributed by atoms with Crippen molar-refractivity contribution in [2.24, 2.45) is 11.8 Å². The highest BCUT2D eigenvalue weighted by molar-refractivity contribution is 5.75. The standard InChI is InChI=1S/C21H26F4O3/c1-2-3-15-9-11-19(27-15)13-4-6-14(7-5-13)20(26)28-16-8-10-17(18(22)12-16)21(23,24)25/h8,10,12-15,19H,2-7,9,11H2,1H3. The van der Waals surface area contributed by atoms with Gasteiger partial charge in [-0.25, -0.2) is 4.39 Å². The number of carbonyl (C=O) groups excluding carboxylic acids is 1. The first-order valence-corrected chi connectivity index (χ1v) is 10.0. The van der Waals surface area contributed by atoms with Gasteiger partial charge in [-0.15, -0.1) is 0 Å². The highest BCUT2D eigenvalue weighted by Gasteiger charge is 2.37. The van der Waals surface area contributed by atoms with Crippen LogP contribution in [-0.2, 0) is 15.7 Å². The monoisotopic (exact) mass is 402 g/mol. The van der Waals surface area contributed by atoms with Gasteiger partial charge in [0.05, 0.1) is 23.7 Å². The zero-order valence-electron chi connectivity index (χ0n) is 15.9. The van der Waals surface area contributed by atoms with Crippen molar-refractivity contribution >= 4 is 5.97 Å². The number of hydrogen-bond donors (Lipinski definition) is 0. The Balaban J connectivity index is 1.50. The lowest BCUT2D eigenvalue weighted by atomic mass is 9.79. The topological polar surface area (TPSA) is 35.5 Å². The summed E-state index contributed by atoms with van der Waals surface area (Å²) in [6.07, 6.45) is 3.25. The number of benzene rings is 1. The van der Waals surface area contributed by atoms with E-state index in [2.05, 4.69) is 6.92 Å². The Morgan fingerprint density at radius 1 is 1.14 bits per heavy atom. The first-order valence-electron chi connectivity index (χ1n) is 10.0. The van der Waals surface area contributed by atoms with Crippen molar-refractivity contribution in [2.75, 3.05) is 0 Å². The van der Waals surface area contributed by atoms with Crippen LogP contribution in [0.3, 0.4) is 0 Å². The molecule has 2 atom stereocenters. The van der Waals surface area contributed by atoms with Crippen LogP contribution in [0, 0.1) is 17.7 Å². The maximum absolute atomic E-state index is 13.6. The molecule has 0 bridgehead atoms. The predicted molar refractivity (Wildman–Crippen MR) is 95.3 cm³/mol. The molecule has 0 amide bonds. The van der Waals surface area contributed by atoms with Gasteiger partial charge in [0, 0.05) is 6.07 Å². The Bertz CT molecular complexity index is 681. The first kappa shape index (κ1) is 21.1. The van der Waals surface area contributed by atoms with Gasteiger partial charge in [0.1, 0.15) is 11.6 Å². The summed E-state index contributed by atoms with van der Waals surface area (Å²) < 4.78 is 62.7. The zero-order chi connectivity index (χ0) is 20.3. The van der Waals surface area contributed by atoms with Gasteiger partial charge >= 0.3 is 12.1 Å². The first-order chi connectivity index (χ1) is 13.3. The number of rotatable bonds is 5. The van der Waals surface area contributed by atoms with Crippen molar-refractivity contribution in [1.82, 2.24) is 0 Å². The molecule has 2 unspecified atom stereocenters. The molecular formula is C21H26F4O3. The molecule has 0 N–H and O–H groups in total. The summed E-state index contributed by atoms with van der Waals surface area (Å²) in [6.45, 7) is 2.15. The van der Waals surface area contributed by atoms with Crippen molar-refractivity contribution in [2.45, 2.75) is 76.7 Å². The van der Waals surface area contributed by atoms with Crippen LogP contribution in [-0.4, -0.2) is 18.2 Å². The molecule has 0 spiro atoms. The number of hydrogen-bond acceptors (Lipinski definition) is 3. The van der Waals surface area contributed by atoms with Crippen LogP contribution < -0.4 is 4.74 Å². The third kappa shape index (κ3) is 5.04. The van der Waals surface area contributed by atoms with E-state index in [4.69, 9.17) is 9.47 Å². The van der Waals surface area contributed by atoms with Crippen LogP contribution in [0.4, 0.5) is 17.6 Å². The minimum absolute atomic E-state index is 0.195. The van der Waals surface area contributed by atoms with E-state index in [1.807, 2.05) is 0 Å². The van der Waals surface area contributed by atoms with Crippen molar-refractivity contribution in [3.8, 4) is 5.75 Å². The Hall–Kier alpha value is -1.63. The largest absolute Gasteiger partial charge is 0.426 e. The van der Waals surface area contributed by atoms with Crippen LogP contribution in [0.15, 0.2) is 18.2 Å². The molecule has 1 aromatic rings. The summed E-state index contributed by atoms with van der Waals surface area (Å²) in [5.74, 6) is -2.02. The molecule has 1 aliphatic carbocycles. The fourth-order valence-corrected chi connectivity index (χ4v) is 4.33. The molecule has 1 aliphatic heterocycles. The lowest BCUT2D eigenvalue weighted by Crippen LogP contribution is -2.30. The molecule has 156 valence electrons. The highest BCUT2D eigenvalue weighted by atomic mass is 19.4. The van der Waals surface area contributed by atoms with Crippen molar-refractivity contribution < 1.29 is 31.8 Å². The summed E-state index contributed by atoms with van der Waals surface area (Å²) >= 11 is 0. The van der Waals surface area contributed by atoms with Crippen LogP contribution >= 0.6 is 0 Å². The van der Waals surface area contributed by atoms with Gasteiger partial charge in [0.15, 0.2) is 0 Å². The number of carbonyl (C=O) groups is 1. The molecule has 28 heavy (non-hydrogen) atoms.